The predicted octanol–water partition coefficient (Wildman–Crippen LogP) is 2.81. The topological polar surface area (TPSA) is 65.5 Å². The summed E-state index contributed by atoms with van der Waals surface area (Å²) in [5, 5.41) is 9.60. The Morgan fingerprint density at radius 1 is 1.12 bits per heavy atom. The summed E-state index contributed by atoms with van der Waals surface area (Å²) in [6, 6.07) is 8.76. The zero-order valence-corrected chi connectivity index (χ0v) is 17.9. The van der Waals surface area contributed by atoms with Crippen molar-refractivity contribution in [2.24, 2.45) is 10.9 Å². The highest BCUT2D eigenvalue weighted by Gasteiger charge is 2.29. The van der Waals surface area contributed by atoms with E-state index in [0.29, 0.717) is 19.0 Å². The van der Waals surface area contributed by atoms with Crippen LogP contribution in [0.1, 0.15) is 49.7 Å². The van der Waals surface area contributed by atoms with Crippen molar-refractivity contribution in [3.63, 3.8) is 0 Å². The normalized spacial score (nSPS) is 19.1. The van der Waals surface area contributed by atoms with Crippen molar-refractivity contribution in [2.75, 3.05) is 26.2 Å². The molecule has 2 aliphatic carbocycles. The van der Waals surface area contributed by atoms with Gasteiger partial charge in [0.05, 0.1) is 0 Å². The van der Waals surface area contributed by atoms with Gasteiger partial charge in [-0.2, -0.15) is 0 Å². The number of aryl methyl sites for hydroxylation is 1. The molecular formula is C20H31IN4O. The van der Waals surface area contributed by atoms with Crippen molar-refractivity contribution in [1.29, 1.82) is 0 Å². The lowest BCUT2D eigenvalue weighted by atomic mass is 9.83. The molecule has 1 amide bonds. The molecule has 1 fully saturated rings. The quantitative estimate of drug-likeness (QED) is 0.249. The summed E-state index contributed by atoms with van der Waals surface area (Å²) in [6.45, 7) is 5.06. The summed E-state index contributed by atoms with van der Waals surface area (Å²) in [5.74, 6) is 1.82. The molecular weight excluding hydrogens is 439 g/mol. The first-order valence-corrected chi connectivity index (χ1v) is 9.65. The second kappa shape index (κ2) is 10.7. The summed E-state index contributed by atoms with van der Waals surface area (Å²) in [7, 11) is 0. The minimum absolute atomic E-state index is 0. The molecule has 0 radical (unpaired) electrons. The molecule has 5 nitrogen and oxygen atoms in total. The van der Waals surface area contributed by atoms with Gasteiger partial charge in [-0.15, -0.1) is 24.0 Å². The number of hydrogen-bond acceptors (Lipinski definition) is 2. The molecule has 3 rings (SSSR count). The average Bonchev–Trinajstić information content (AvgIpc) is 3.48. The maximum atomic E-state index is 11.6. The molecule has 0 aromatic heterocycles. The molecule has 0 aliphatic heterocycles. The lowest BCUT2D eigenvalue weighted by Crippen LogP contribution is -2.42. The second-order valence-corrected chi connectivity index (χ2v) is 7.00. The number of carbonyl (C=O) groups is 1. The van der Waals surface area contributed by atoms with Gasteiger partial charge in [0.1, 0.15) is 0 Å². The van der Waals surface area contributed by atoms with Gasteiger partial charge in [0.25, 0.3) is 0 Å². The van der Waals surface area contributed by atoms with Gasteiger partial charge in [-0.3, -0.25) is 9.79 Å². The molecule has 3 N–H and O–H groups in total. The third-order valence-electron chi connectivity index (χ3n) is 4.97. The van der Waals surface area contributed by atoms with Gasteiger partial charge in [-0.25, -0.2) is 0 Å². The first-order chi connectivity index (χ1) is 12.3. The number of amides is 1. The number of nitrogens with zero attached hydrogens (tertiary/aromatic N) is 1. The lowest BCUT2D eigenvalue weighted by Gasteiger charge is -2.24. The third kappa shape index (κ3) is 6.14. The van der Waals surface area contributed by atoms with Crippen LogP contribution in [0.3, 0.4) is 0 Å². The van der Waals surface area contributed by atoms with Crippen LogP contribution in [0.4, 0.5) is 0 Å². The predicted molar refractivity (Wildman–Crippen MR) is 117 cm³/mol. The second-order valence-electron chi connectivity index (χ2n) is 7.00. The SMILES string of the molecule is CCNC(=NCC1CCCc2ccccc21)NCCNC(=O)C1CC1.I. The highest BCUT2D eigenvalue weighted by atomic mass is 127. The van der Waals surface area contributed by atoms with E-state index in [1.807, 2.05) is 0 Å². The first-order valence-electron chi connectivity index (χ1n) is 9.65. The van der Waals surface area contributed by atoms with Crippen LogP contribution in [0.5, 0.6) is 0 Å². The van der Waals surface area contributed by atoms with Crippen molar-refractivity contribution in [2.45, 2.75) is 44.9 Å². The van der Waals surface area contributed by atoms with E-state index >= 15 is 0 Å². The summed E-state index contributed by atoms with van der Waals surface area (Å²) < 4.78 is 0. The fourth-order valence-electron chi connectivity index (χ4n) is 3.44. The summed E-state index contributed by atoms with van der Waals surface area (Å²) in [6.07, 6.45) is 5.74. The number of carbonyl (C=O) groups excluding carboxylic acids is 1. The minimum atomic E-state index is 0. The Bertz CT molecular complexity index is 616. The number of guanidine groups is 1. The number of nitrogens with one attached hydrogen (secondary N) is 3. The van der Waals surface area contributed by atoms with E-state index in [2.05, 4.69) is 47.1 Å². The fraction of sp³-hybridized carbons (Fsp3) is 0.600. The van der Waals surface area contributed by atoms with Crippen LogP contribution < -0.4 is 16.0 Å². The van der Waals surface area contributed by atoms with Crippen LogP contribution in [0, 0.1) is 5.92 Å². The van der Waals surface area contributed by atoms with Gasteiger partial charge in [-0.05, 0) is 50.2 Å². The number of benzene rings is 1. The van der Waals surface area contributed by atoms with Crippen LogP contribution in [-0.2, 0) is 11.2 Å². The van der Waals surface area contributed by atoms with Crippen molar-refractivity contribution in [1.82, 2.24) is 16.0 Å². The van der Waals surface area contributed by atoms with Gasteiger partial charge >= 0.3 is 0 Å². The number of fused-ring (bicyclic) bond motifs is 1. The van der Waals surface area contributed by atoms with Crippen LogP contribution >= 0.6 is 24.0 Å². The molecule has 1 aromatic carbocycles. The molecule has 6 heteroatoms. The number of halogens is 1. The van der Waals surface area contributed by atoms with Gasteiger partial charge in [0.2, 0.25) is 5.91 Å². The average molecular weight is 470 g/mol. The number of hydrogen-bond donors (Lipinski definition) is 3. The van der Waals surface area contributed by atoms with Crippen LogP contribution in [0.15, 0.2) is 29.3 Å². The van der Waals surface area contributed by atoms with E-state index in [9.17, 15) is 4.79 Å². The van der Waals surface area contributed by atoms with Crippen molar-refractivity contribution in [3.05, 3.63) is 35.4 Å². The van der Waals surface area contributed by atoms with Crippen LogP contribution in [0.2, 0.25) is 0 Å². The Hall–Kier alpha value is -1.31. The maximum absolute atomic E-state index is 11.6. The molecule has 0 heterocycles. The van der Waals surface area contributed by atoms with Gasteiger partial charge in [0, 0.05) is 38.0 Å². The third-order valence-corrected chi connectivity index (χ3v) is 4.97. The molecule has 0 spiro atoms. The first kappa shape index (κ1) is 21.0. The monoisotopic (exact) mass is 470 g/mol. The Kier molecular flexibility index (Phi) is 8.68. The number of rotatable bonds is 7. The highest BCUT2D eigenvalue weighted by Crippen LogP contribution is 2.31. The van der Waals surface area contributed by atoms with Gasteiger partial charge < -0.3 is 16.0 Å². The van der Waals surface area contributed by atoms with Crippen molar-refractivity contribution in [3.8, 4) is 0 Å². The zero-order chi connectivity index (χ0) is 17.5. The summed E-state index contributed by atoms with van der Waals surface area (Å²) >= 11 is 0. The summed E-state index contributed by atoms with van der Waals surface area (Å²) in [4.78, 5) is 16.4. The molecule has 144 valence electrons. The maximum Gasteiger partial charge on any atom is 0.223 e. The Morgan fingerprint density at radius 3 is 2.65 bits per heavy atom. The zero-order valence-electron chi connectivity index (χ0n) is 15.6. The fourth-order valence-corrected chi connectivity index (χ4v) is 3.44. The standard InChI is InChI=1S/C20H30N4O.HI/c1-2-21-20(23-13-12-22-19(25)16-10-11-16)24-14-17-8-5-7-15-6-3-4-9-18(15)17;/h3-4,6,9,16-17H,2,5,7-8,10-14H2,1H3,(H,22,25)(H2,21,23,24);1H. The van der Waals surface area contributed by atoms with Gasteiger partial charge in [-0.1, -0.05) is 24.3 Å². The van der Waals surface area contributed by atoms with Crippen molar-refractivity contribution < 1.29 is 4.79 Å². The molecule has 2 aliphatic rings. The molecule has 26 heavy (non-hydrogen) atoms. The van der Waals surface area contributed by atoms with E-state index in [1.54, 1.807) is 0 Å². The van der Waals surface area contributed by atoms with E-state index < -0.39 is 0 Å². The number of aliphatic imine (C=N–C) groups is 1. The molecule has 1 aromatic rings. The van der Waals surface area contributed by atoms with E-state index in [-0.39, 0.29) is 35.8 Å². The highest BCUT2D eigenvalue weighted by molar-refractivity contribution is 14.0. The van der Waals surface area contributed by atoms with E-state index in [0.717, 1.165) is 31.9 Å². The van der Waals surface area contributed by atoms with E-state index in [1.165, 1.54) is 30.4 Å². The Morgan fingerprint density at radius 2 is 1.88 bits per heavy atom. The van der Waals surface area contributed by atoms with Gasteiger partial charge in [0.15, 0.2) is 5.96 Å². The summed E-state index contributed by atoms with van der Waals surface area (Å²) in [5.41, 5.74) is 2.94. The van der Waals surface area contributed by atoms with Crippen LogP contribution in [0.25, 0.3) is 0 Å². The molecule has 1 atom stereocenters. The minimum Gasteiger partial charge on any atom is -0.357 e. The largest absolute Gasteiger partial charge is 0.357 e. The molecule has 1 unspecified atom stereocenters. The van der Waals surface area contributed by atoms with E-state index in [4.69, 9.17) is 4.99 Å². The molecule has 0 saturated heterocycles. The smallest absolute Gasteiger partial charge is 0.223 e. The van der Waals surface area contributed by atoms with Crippen molar-refractivity contribution >= 4 is 35.8 Å². The molecule has 0 bridgehead atoms. The molecule has 1 saturated carbocycles. The lowest BCUT2D eigenvalue weighted by molar-refractivity contribution is -0.122. The van der Waals surface area contributed by atoms with Crippen LogP contribution in [-0.4, -0.2) is 38.0 Å². The Labute approximate surface area is 173 Å². The Balaban J connectivity index is 0.00000243.